The molecule has 90 valence electrons. The summed E-state index contributed by atoms with van der Waals surface area (Å²) in [6, 6.07) is 2.05. The maximum atomic E-state index is 11.8. The maximum absolute atomic E-state index is 11.8. The number of hydrogen-bond donors (Lipinski definition) is 0. The van der Waals surface area contributed by atoms with Crippen LogP contribution in [0.5, 0.6) is 0 Å². The van der Waals surface area contributed by atoms with Crippen molar-refractivity contribution in [2.75, 3.05) is 5.75 Å². The van der Waals surface area contributed by atoms with Gasteiger partial charge in [-0.25, -0.2) is 0 Å². The fraction of sp³-hybridized carbons (Fsp3) is 0.833. The van der Waals surface area contributed by atoms with E-state index >= 15 is 0 Å². The largest absolute Gasteiger partial charge is 0.462 e. The van der Waals surface area contributed by atoms with E-state index in [2.05, 4.69) is 0 Å². The predicted octanol–water partition coefficient (Wildman–Crippen LogP) is 2.90. The Labute approximate surface area is 102 Å². The second kappa shape index (κ2) is 7.56. The highest BCUT2D eigenvalue weighted by Gasteiger charge is 2.23. The molecule has 1 aliphatic rings. The molecule has 1 aliphatic carbocycles. The number of nitriles is 1. The topological polar surface area (TPSA) is 50.1 Å². The summed E-state index contributed by atoms with van der Waals surface area (Å²) >= 11 is 1.38. The Bertz CT molecular complexity index is 256. The SMILES string of the molecule is CCC(SCC#N)C(=O)OC1CCCCC1. The third-order valence-electron chi connectivity index (χ3n) is 2.82. The molecule has 0 aromatic heterocycles. The van der Waals surface area contributed by atoms with Crippen LogP contribution in [0.1, 0.15) is 45.4 Å². The molecule has 0 heterocycles. The number of rotatable bonds is 5. The highest BCUT2D eigenvalue weighted by Crippen LogP contribution is 2.23. The Morgan fingerprint density at radius 1 is 1.50 bits per heavy atom. The van der Waals surface area contributed by atoms with Crippen molar-refractivity contribution in [3.05, 3.63) is 0 Å². The fourth-order valence-corrected chi connectivity index (χ4v) is 2.62. The van der Waals surface area contributed by atoms with Crippen molar-refractivity contribution in [2.45, 2.75) is 56.8 Å². The smallest absolute Gasteiger partial charge is 0.319 e. The van der Waals surface area contributed by atoms with Crippen molar-refractivity contribution < 1.29 is 9.53 Å². The fourth-order valence-electron chi connectivity index (χ4n) is 1.91. The standard InChI is InChI=1S/C12H19NO2S/c1-2-11(16-9-8-13)12(14)15-10-6-4-3-5-7-10/h10-11H,2-7,9H2,1H3. The van der Waals surface area contributed by atoms with Crippen LogP contribution in [0, 0.1) is 11.3 Å². The van der Waals surface area contributed by atoms with E-state index in [-0.39, 0.29) is 17.3 Å². The molecule has 16 heavy (non-hydrogen) atoms. The van der Waals surface area contributed by atoms with Gasteiger partial charge < -0.3 is 4.74 Å². The van der Waals surface area contributed by atoms with Gasteiger partial charge in [-0.1, -0.05) is 13.3 Å². The molecule has 0 aromatic rings. The Kier molecular flexibility index (Phi) is 6.32. The normalized spacial score (nSPS) is 18.8. The second-order valence-corrected chi connectivity index (χ2v) is 5.25. The minimum atomic E-state index is -0.165. The molecule has 0 amide bonds. The van der Waals surface area contributed by atoms with E-state index < -0.39 is 0 Å². The minimum Gasteiger partial charge on any atom is -0.462 e. The molecule has 0 bridgehead atoms. The summed E-state index contributed by atoms with van der Waals surface area (Å²) in [6.07, 6.45) is 6.46. The molecule has 0 saturated heterocycles. The van der Waals surface area contributed by atoms with Gasteiger partial charge in [-0.05, 0) is 32.1 Å². The maximum Gasteiger partial charge on any atom is 0.319 e. The zero-order valence-electron chi connectivity index (χ0n) is 9.78. The van der Waals surface area contributed by atoms with Crippen molar-refractivity contribution >= 4 is 17.7 Å². The third-order valence-corrected chi connectivity index (χ3v) is 4.04. The van der Waals surface area contributed by atoms with Crippen LogP contribution in [0.4, 0.5) is 0 Å². The summed E-state index contributed by atoms with van der Waals surface area (Å²) in [7, 11) is 0. The number of carbonyl (C=O) groups excluding carboxylic acids is 1. The third kappa shape index (κ3) is 4.44. The molecule has 4 heteroatoms. The van der Waals surface area contributed by atoms with Crippen LogP contribution in [0.15, 0.2) is 0 Å². The van der Waals surface area contributed by atoms with Crippen molar-refractivity contribution in [1.29, 1.82) is 5.26 Å². The molecular formula is C12H19NO2S. The Balaban J connectivity index is 2.33. The number of ether oxygens (including phenoxy) is 1. The Morgan fingerprint density at radius 3 is 2.75 bits per heavy atom. The van der Waals surface area contributed by atoms with Gasteiger partial charge in [-0.3, -0.25) is 4.79 Å². The van der Waals surface area contributed by atoms with Crippen LogP contribution < -0.4 is 0 Å². The van der Waals surface area contributed by atoms with Gasteiger partial charge in [0.15, 0.2) is 0 Å². The van der Waals surface area contributed by atoms with Gasteiger partial charge in [0.2, 0.25) is 0 Å². The summed E-state index contributed by atoms with van der Waals surface area (Å²) < 4.78 is 5.47. The van der Waals surface area contributed by atoms with E-state index in [0.29, 0.717) is 5.75 Å². The molecule has 1 fully saturated rings. The molecule has 0 radical (unpaired) electrons. The first kappa shape index (κ1) is 13.4. The first-order chi connectivity index (χ1) is 7.77. The molecule has 0 N–H and O–H groups in total. The number of nitrogens with zero attached hydrogens (tertiary/aromatic N) is 1. The molecular weight excluding hydrogens is 222 g/mol. The quantitative estimate of drug-likeness (QED) is 0.694. The van der Waals surface area contributed by atoms with Crippen LogP contribution in [0.3, 0.4) is 0 Å². The van der Waals surface area contributed by atoms with Crippen LogP contribution in [0.2, 0.25) is 0 Å². The van der Waals surface area contributed by atoms with Gasteiger partial charge in [-0.2, -0.15) is 5.26 Å². The summed E-state index contributed by atoms with van der Waals surface area (Å²) in [4.78, 5) is 11.8. The molecule has 1 atom stereocenters. The average molecular weight is 241 g/mol. The molecule has 1 rings (SSSR count). The lowest BCUT2D eigenvalue weighted by atomic mass is 9.98. The molecule has 1 saturated carbocycles. The predicted molar refractivity (Wildman–Crippen MR) is 65.1 cm³/mol. The summed E-state index contributed by atoms with van der Waals surface area (Å²) in [6.45, 7) is 1.96. The second-order valence-electron chi connectivity index (χ2n) is 4.06. The average Bonchev–Trinajstić information content (AvgIpc) is 2.31. The summed E-state index contributed by atoms with van der Waals surface area (Å²) in [5, 5.41) is 8.33. The van der Waals surface area contributed by atoms with Gasteiger partial charge in [0.1, 0.15) is 11.4 Å². The Morgan fingerprint density at radius 2 is 2.19 bits per heavy atom. The highest BCUT2D eigenvalue weighted by molar-refractivity contribution is 8.00. The van der Waals surface area contributed by atoms with E-state index in [9.17, 15) is 4.79 Å². The van der Waals surface area contributed by atoms with Gasteiger partial charge >= 0.3 is 5.97 Å². The zero-order chi connectivity index (χ0) is 11.8. The van der Waals surface area contributed by atoms with Crippen LogP contribution in [-0.2, 0) is 9.53 Å². The minimum absolute atomic E-state index is 0.123. The molecule has 0 aliphatic heterocycles. The van der Waals surface area contributed by atoms with Crippen molar-refractivity contribution in [3.8, 4) is 6.07 Å². The highest BCUT2D eigenvalue weighted by atomic mass is 32.2. The lowest BCUT2D eigenvalue weighted by Gasteiger charge is -2.23. The van der Waals surface area contributed by atoms with E-state index in [1.807, 2.05) is 13.0 Å². The molecule has 1 unspecified atom stereocenters. The number of thioether (sulfide) groups is 1. The first-order valence-corrected chi connectivity index (χ1v) is 7.01. The first-order valence-electron chi connectivity index (χ1n) is 5.97. The van der Waals surface area contributed by atoms with Gasteiger partial charge in [0, 0.05) is 0 Å². The summed E-state index contributed by atoms with van der Waals surface area (Å²) in [5.74, 6) is 0.229. The summed E-state index contributed by atoms with van der Waals surface area (Å²) in [5.41, 5.74) is 0. The van der Waals surface area contributed by atoms with Gasteiger partial charge in [0.25, 0.3) is 0 Å². The monoisotopic (exact) mass is 241 g/mol. The molecule has 0 aromatic carbocycles. The number of esters is 1. The lowest BCUT2D eigenvalue weighted by Crippen LogP contribution is -2.27. The van der Waals surface area contributed by atoms with Crippen LogP contribution >= 0.6 is 11.8 Å². The number of hydrogen-bond acceptors (Lipinski definition) is 4. The zero-order valence-corrected chi connectivity index (χ0v) is 10.6. The van der Waals surface area contributed by atoms with Crippen molar-refractivity contribution in [3.63, 3.8) is 0 Å². The van der Waals surface area contributed by atoms with Crippen LogP contribution in [-0.4, -0.2) is 23.1 Å². The molecule has 3 nitrogen and oxygen atoms in total. The number of carbonyl (C=O) groups is 1. The van der Waals surface area contributed by atoms with E-state index in [4.69, 9.17) is 10.00 Å². The van der Waals surface area contributed by atoms with E-state index in [0.717, 1.165) is 19.3 Å². The van der Waals surface area contributed by atoms with E-state index in [1.54, 1.807) is 0 Å². The van der Waals surface area contributed by atoms with Gasteiger partial charge in [0.05, 0.1) is 11.8 Å². The Hall–Kier alpha value is -0.690. The van der Waals surface area contributed by atoms with Crippen molar-refractivity contribution in [1.82, 2.24) is 0 Å². The lowest BCUT2D eigenvalue weighted by molar-refractivity contribution is -0.149. The van der Waals surface area contributed by atoms with Crippen LogP contribution in [0.25, 0.3) is 0 Å². The van der Waals surface area contributed by atoms with E-state index in [1.165, 1.54) is 31.0 Å². The van der Waals surface area contributed by atoms with Crippen molar-refractivity contribution in [2.24, 2.45) is 0 Å². The van der Waals surface area contributed by atoms with Gasteiger partial charge in [-0.15, -0.1) is 11.8 Å². The molecule has 0 spiro atoms.